The summed E-state index contributed by atoms with van der Waals surface area (Å²) >= 11 is 0. The fourth-order valence-corrected chi connectivity index (χ4v) is 4.00. The van der Waals surface area contributed by atoms with E-state index in [4.69, 9.17) is 4.42 Å². The number of furan rings is 1. The largest absolute Gasteiger partial charge is 0.468 e. The second kappa shape index (κ2) is 6.97. The fraction of sp³-hybridized carbons (Fsp3) is 0.778. The van der Waals surface area contributed by atoms with Crippen molar-refractivity contribution in [3.05, 3.63) is 23.7 Å². The van der Waals surface area contributed by atoms with Crippen LogP contribution in [-0.2, 0) is 13.1 Å². The molecule has 0 bridgehead atoms. The van der Waals surface area contributed by atoms with Gasteiger partial charge in [0.15, 0.2) is 0 Å². The van der Waals surface area contributed by atoms with E-state index in [0.717, 1.165) is 30.7 Å². The van der Waals surface area contributed by atoms with E-state index in [1.807, 2.05) is 6.26 Å². The molecule has 118 valence electrons. The molecular formula is C18H30N2O. The predicted octanol–water partition coefficient (Wildman–Crippen LogP) is 3.79. The SMILES string of the molecule is CC(C)NCc1ccoc1CN1CCC2CCCCC2C1. The molecule has 2 heterocycles. The standard InChI is InChI=1S/C18H30N2O/c1-14(2)19-11-16-8-10-21-18(16)13-20-9-7-15-5-3-4-6-17(15)12-20/h8,10,14-15,17,19H,3-7,9,11-13H2,1-2H3. The number of hydrogen-bond acceptors (Lipinski definition) is 3. The van der Waals surface area contributed by atoms with Gasteiger partial charge in [-0.3, -0.25) is 4.90 Å². The molecule has 1 aliphatic heterocycles. The van der Waals surface area contributed by atoms with Gasteiger partial charge in [0, 0.05) is 24.7 Å². The Labute approximate surface area is 129 Å². The highest BCUT2D eigenvalue weighted by atomic mass is 16.3. The molecule has 1 N–H and O–H groups in total. The molecule has 1 aromatic heterocycles. The minimum Gasteiger partial charge on any atom is -0.468 e. The van der Waals surface area contributed by atoms with Crippen molar-refractivity contribution in [2.45, 2.75) is 65.1 Å². The van der Waals surface area contributed by atoms with Crippen LogP contribution in [0.4, 0.5) is 0 Å². The lowest BCUT2D eigenvalue weighted by Gasteiger charge is -2.41. The highest BCUT2D eigenvalue weighted by molar-refractivity contribution is 5.17. The Balaban J connectivity index is 1.55. The fourth-order valence-electron chi connectivity index (χ4n) is 4.00. The molecule has 3 rings (SSSR count). The van der Waals surface area contributed by atoms with Crippen molar-refractivity contribution < 1.29 is 4.42 Å². The summed E-state index contributed by atoms with van der Waals surface area (Å²) in [6.07, 6.45) is 9.07. The van der Waals surface area contributed by atoms with Crippen molar-refractivity contribution >= 4 is 0 Å². The van der Waals surface area contributed by atoms with Crippen LogP contribution in [0, 0.1) is 11.8 Å². The van der Waals surface area contributed by atoms with Gasteiger partial charge in [-0.15, -0.1) is 0 Å². The topological polar surface area (TPSA) is 28.4 Å². The van der Waals surface area contributed by atoms with Crippen LogP contribution in [0.1, 0.15) is 57.3 Å². The summed E-state index contributed by atoms with van der Waals surface area (Å²) < 4.78 is 5.75. The maximum absolute atomic E-state index is 5.75. The molecule has 1 saturated carbocycles. The van der Waals surface area contributed by atoms with E-state index in [0.29, 0.717) is 6.04 Å². The van der Waals surface area contributed by atoms with E-state index in [2.05, 4.69) is 30.1 Å². The van der Waals surface area contributed by atoms with Gasteiger partial charge in [-0.05, 0) is 37.3 Å². The number of nitrogens with zero attached hydrogens (tertiary/aromatic N) is 1. The third kappa shape index (κ3) is 3.89. The van der Waals surface area contributed by atoms with Gasteiger partial charge < -0.3 is 9.73 Å². The third-order valence-electron chi connectivity index (χ3n) is 5.28. The van der Waals surface area contributed by atoms with Crippen molar-refractivity contribution in [3.63, 3.8) is 0 Å². The highest BCUT2D eigenvalue weighted by Crippen LogP contribution is 2.36. The quantitative estimate of drug-likeness (QED) is 0.894. The van der Waals surface area contributed by atoms with E-state index in [1.54, 1.807) is 0 Å². The smallest absolute Gasteiger partial charge is 0.122 e. The van der Waals surface area contributed by atoms with Crippen LogP contribution >= 0.6 is 0 Å². The van der Waals surface area contributed by atoms with E-state index in [1.165, 1.54) is 50.8 Å². The lowest BCUT2D eigenvalue weighted by atomic mass is 9.75. The molecule has 3 nitrogen and oxygen atoms in total. The minimum absolute atomic E-state index is 0.519. The first kappa shape index (κ1) is 15.1. The van der Waals surface area contributed by atoms with Crippen molar-refractivity contribution in [1.82, 2.24) is 10.2 Å². The Kier molecular flexibility index (Phi) is 5.02. The summed E-state index contributed by atoms with van der Waals surface area (Å²) in [4.78, 5) is 2.62. The normalized spacial score (nSPS) is 27.0. The zero-order chi connectivity index (χ0) is 14.7. The zero-order valence-corrected chi connectivity index (χ0v) is 13.6. The molecule has 1 saturated heterocycles. The maximum atomic E-state index is 5.75. The van der Waals surface area contributed by atoms with Crippen LogP contribution in [0.3, 0.4) is 0 Å². The molecule has 0 radical (unpaired) electrons. The summed E-state index contributed by atoms with van der Waals surface area (Å²) in [5.74, 6) is 3.12. The van der Waals surface area contributed by atoms with Crippen LogP contribution in [0.25, 0.3) is 0 Å². The summed E-state index contributed by atoms with van der Waals surface area (Å²) in [7, 11) is 0. The van der Waals surface area contributed by atoms with Gasteiger partial charge in [0.05, 0.1) is 12.8 Å². The molecule has 1 aromatic rings. The van der Waals surface area contributed by atoms with E-state index < -0.39 is 0 Å². The zero-order valence-electron chi connectivity index (χ0n) is 13.6. The van der Waals surface area contributed by atoms with E-state index in [-0.39, 0.29) is 0 Å². The summed E-state index contributed by atoms with van der Waals surface area (Å²) in [6.45, 7) is 8.82. The van der Waals surface area contributed by atoms with E-state index >= 15 is 0 Å². The molecule has 2 atom stereocenters. The number of nitrogens with one attached hydrogen (secondary N) is 1. The maximum Gasteiger partial charge on any atom is 0.122 e. The Bertz CT molecular complexity index is 440. The lowest BCUT2D eigenvalue weighted by molar-refractivity contribution is 0.0771. The van der Waals surface area contributed by atoms with Gasteiger partial charge in [0.1, 0.15) is 5.76 Å². The van der Waals surface area contributed by atoms with Crippen LogP contribution in [0.2, 0.25) is 0 Å². The molecule has 3 heteroatoms. The summed E-state index contributed by atoms with van der Waals surface area (Å²) in [5, 5.41) is 3.49. The number of likely N-dealkylation sites (tertiary alicyclic amines) is 1. The molecular weight excluding hydrogens is 260 g/mol. The first-order valence-corrected chi connectivity index (χ1v) is 8.73. The molecule has 2 fully saturated rings. The Morgan fingerprint density at radius 2 is 2.05 bits per heavy atom. The summed E-state index contributed by atoms with van der Waals surface area (Å²) in [5.41, 5.74) is 1.33. The van der Waals surface area contributed by atoms with Gasteiger partial charge in [-0.1, -0.05) is 33.1 Å². The predicted molar refractivity (Wildman–Crippen MR) is 86.0 cm³/mol. The van der Waals surface area contributed by atoms with Crippen molar-refractivity contribution in [3.8, 4) is 0 Å². The third-order valence-corrected chi connectivity index (χ3v) is 5.28. The lowest BCUT2D eigenvalue weighted by Crippen LogP contribution is -2.41. The van der Waals surface area contributed by atoms with Crippen molar-refractivity contribution in [2.75, 3.05) is 13.1 Å². The second-order valence-corrected chi connectivity index (χ2v) is 7.23. The first-order chi connectivity index (χ1) is 10.2. The summed E-state index contributed by atoms with van der Waals surface area (Å²) in [6, 6.07) is 2.64. The molecule has 1 aliphatic carbocycles. The van der Waals surface area contributed by atoms with Gasteiger partial charge in [0.2, 0.25) is 0 Å². The molecule has 0 aromatic carbocycles. The Morgan fingerprint density at radius 3 is 2.86 bits per heavy atom. The minimum atomic E-state index is 0.519. The van der Waals surface area contributed by atoms with Crippen molar-refractivity contribution in [2.24, 2.45) is 11.8 Å². The second-order valence-electron chi connectivity index (χ2n) is 7.23. The van der Waals surface area contributed by atoms with Gasteiger partial charge in [0.25, 0.3) is 0 Å². The number of rotatable bonds is 5. The van der Waals surface area contributed by atoms with Crippen molar-refractivity contribution in [1.29, 1.82) is 0 Å². The van der Waals surface area contributed by atoms with E-state index in [9.17, 15) is 0 Å². The van der Waals surface area contributed by atoms with Gasteiger partial charge in [-0.25, -0.2) is 0 Å². The monoisotopic (exact) mass is 290 g/mol. The van der Waals surface area contributed by atoms with Crippen LogP contribution < -0.4 is 5.32 Å². The molecule has 2 aliphatic rings. The number of hydrogen-bond donors (Lipinski definition) is 1. The van der Waals surface area contributed by atoms with Gasteiger partial charge >= 0.3 is 0 Å². The average Bonchev–Trinajstić information content (AvgIpc) is 2.92. The van der Waals surface area contributed by atoms with Gasteiger partial charge in [-0.2, -0.15) is 0 Å². The van der Waals surface area contributed by atoms with Crippen LogP contribution in [-0.4, -0.2) is 24.0 Å². The van der Waals surface area contributed by atoms with Crippen LogP contribution in [0.5, 0.6) is 0 Å². The number of piperidine rings is 1. The molecule has 2 unspecified atom stereocenters. The average molecular weight is 290 g/mol. The Hall–Kier alpha value is -0.800. The Morgan fingerprint density at radius 1 is 1.24 bits per heavy atom. The number of fused-ring (bicyclic) bond motifs is 1. The molecule has 21 heavy (non-hydrogen) atoms. The first-order valence-electron chi connectivity index (χ1n) is 8.73. The molecule has 0 spiro atoms. The molecule has 0 amide bonds. The highest BCUT2D eigenvalue weighted by Gasteiger charge is 2.31. The van der Waals surface area contributed by atoms with Crippen LogP contribution in [0.15, 0.2) is 16.7 Å².